The van der Waals surface area contributed by atoms with Gasteiger partial charge in [-0.05, 0) is 19.1 Å². The first-order valence-corrected chi connectivity index (χ1v) is 6.01. The first kappa shape index (κ1) is 13.3. The molecule has 2 rings (SSSR count). The van der Waals surface area contributed by atoms with Gasteiger partial charge in [-0.15, -0.1) is 0 Å². The van der Waals surface area contributed by atoms with Crippen molar-refractivity contribution in [3.05, 3.63) is 24.0 Å². The summed E-state index contributed by atoms with van der Waals surface area (Å²) in [5.74, 6) is -0.832. The maximum absolute atomic E-state index is 13.3. The van der Waals surface area contributed by atoms with E-state index in [4.69, 9.17) is 4.74 Å². The molecule has 6 heteroatoms. The Labute approximate surface area is 110 Å². The fourth-order valence-corrected chi connectivity index (χ4v) is 2.08. The number of carbonyl (C=O) groups excluding carboxylic acids is 2. The van der Waals surface area contributed by atoms with Crippen LogP contribution in [0, 0.1) is 5.82 Å². The minimum absolute atomic E-state index is 0.0918. The van der Waals surface area contributed by atoms with Gasteiger partial charge in [0.1, 0.15) is 6.04 Å². The van der Waals surface area contributed by atoms with Gasteiger partial charge < -0.3 is 10.1 Å². The number of likely N-dealkylation sites (N-methyl/N-ethyl adjacent to an activating group) is 1. The topological polar surface area (TPSA) is 58.6 Å². The summed E-state index contributed by atoms with van der Waals surface area (Å²) >= 11 is 0. The number of halogens is 1. The van der Waals surface area contributed by atoms with Gasteiger partial charge in [-0.25, -0.2) is 4.39 Å². The molecule has 0 spiro atoms. The molecule has 1 atom stereocenters. The van der Waals surface area contributed by atoms with Gasteiger partial charge in [-0.3, -0.25) is 14.5 Å². The molecule has 0 aliphatic carbocycles. The highest BCUT2D eigenvalue weighted by Crippen LogP contribution is 2.24. The molecule has 1 aromatic carbocycles. The zero-order valence-corrected chi connectivity index (χ0v) is 10.8. The lowest BCUT2D eigenvalue weighted by molar-refractivity contribution is -0.138. The van der Waals surface area contributed by atoms with Crippen molar-refractivity contribution < 1.29 is 18.7 Å². The summed E-state index contributed by atoms with van der Waals surface area (Å²) < 4.78 is 18.1. The van der Waals surface area contributed by atoms with Crippen LogP contribution in [0.2, 0.25) is 0 Å². The Morgan fingerprint density at radius 2 is 2.21 bits per heavy atom. The lowest BCUT2D eigenvalue weighted by Gasteiger charge is -2.14. The summed E-state index contributed by atoms with van der Waals surface area (Å²) in [7, 11) is 1.37. The Morgan fingerprint density at radius 1 is 1.47 bits per heavy atom. The van der Waals surface area contributed by atoms with Gasteiger partial charge in [0.25, 0.3) is 5.91 Å². The molecule has 2 amide bonds. The van der Waals surface area contributed by atoms with Gasteiger partial charge in [-0.2, -0.15) is 0 Å². The largest absolute Gasteiger partial charge is 0.494 e. The van der Waals surface area contributed by atoms with Crippen LogP contribution in [-0.2, 0) is 9.59 Å². The zero-order valence-electron chi connectivity index (χ0n) is 10.8. The number of hydrogen-bond acceptors (Lipinski definition) is 4. The first-order chi connectivity index (χ1) is 9.06. The van der Waals surface area contributed by atoms with Crippen LogP contribution in [0.4, 0.5) is 10.1 Å². The van der Waals surface area contributed by atoms with E-state index in [1.54, 1.807) is 6.92 Å². The summed E-state index contributed by atoms with van der Waals surface area (Å²) in [5.41, 5.74) is 0.544. The molecular formula is C13H15FN2O3. The SMILES string of the molecule is CCN1C(=O)CC(Nc2ccc(F)c(OC)c2)C1=O. The molecule has 5 nitrogen and oxygen atoms in total. The van der Waals surface area contributed by atoms with E-state index in [2.05, 4.69) is 5.32 Å². The molecule has 1 aromatic rings. The summed E-state index contributed by atoms with van der Waals surface area (Å²) in [4.78, 5) is 24.7. The monoisotopic (exact) mass is 266 g/mol. The average molecular weight is 266 g/mol. The standard InChI is InChI=1S/C13H15FN2O3/c1-3-16-12(17)7-10(13(16)18)15-8-4-5-9(14)11(6-8)19-2/h4-6,10,15H,3,7H2,1-2H3. The quantitative estimate of drug-likeness (QED) is 0.837. The minimum atomic E-state index is -0.595. The van der Waals surface area contributed by atoms with Crippen molar-refractivity contribution >= 4 is 17.5 Å². The lowest BCUT2D eigenvalue weighted by atomic mass is 10.2. The number of nitrogens with zero attached hydrogens (tertiary/aromatic N) is 1. The fraction of sp³-hybridized carbons (Fsp3) is 0.385. The third-order valence-corrected chi connectivity index (χ3v) is 3.05. The van der Waals surface area contributed by atoms with Gasteiger partial charge >= 0.3 is 0 Å². The number of nitrogens with one attached hydrogen (secondary N) is 1. The molecule has 1 heterocycles. The molecule has 0 radical (unpaired) electrons. The van der Waals surface area contributed by atoms with Gasteiger partial charge in [-0.1, -0.05) is 0 Å². The average Bonchev–Trinajstić information content (AvgIpc) is 2.66. The number of amides is 2. The number of hydrogen-bond donors (Lipinski definition) is 1. The second kappa shape index (κ2) is 5.26. The molecule has 0 bridgehead atoms. The molecule has 102 valence electrons. The van der Waals surface area contributed by atoms with Crippen LogP contribution in [0.3, 0.4) is 0 Å². The van der Waals surface area contributed by atoms with Crippen molar-refractivity contribution in [1.82, 2.24) is 4.90 Å². The number of benzene rings is 1. The molecule has 0 aromatic heterocycles. The molecule has 1 saturated heterocycles. The van der Waals surface area contributed by atoms with Gasteiger partial charge in [0.05, 0.1) is 13.5 Å². The molecule has 1 aliphatic rings. The maximum atomic E-state index is 13.3. The van der Waals surface area contributed by atoms with E-state index in [-0.39, 0.29) is 24.0 Å². The van der Waals surface area contributed by atoms with Crippen LogP contribution >= 0.6 is 0 Å². The van der Waals surface area contributed by atoms with Gasteiger partial charge in [0.2, 0.25) is 5.91 Å². The fourth-order valence-electron chi connectivity index (χ4n) is 2.08. The highest BCUT2D eigenvalue weighted by molar-refractivity contribution is 6.06. The second-order valence-corrected chi connectivity index (χ2v) is 4.23. The van der Waals surface area contributed by atoms with Crippen molar-refractivity contribution in [1.29, 1.82) is 0 Å². The smallest absolute Gasteiger partial charge is 0.252 e. The van der Waals surface area contributed by atoms with Crippen molar-refractivity contribution in [3.63, 3.8) is 0 Å². The first-order valence-electron chi connectivity index (χ1n) is 6.01. The summed E-state index contributed by atoms with van der Waals surface area (Å²) in [6, 6.07) is 3.62. The van der Waals surface area contributed by atoms with E-state index in [1.165, 1.54) is 30.2 Å². The summed E-state index contributed by atoms with van der Waals surface area (Å²) in [6.07, 6.45) is 0.117. The van der Waals surface area contributed by atoms with Crippen LogP contribution in [0.5, 0.6) is 5.75 Å². The van der Waals surface area contributed by atoms with Crippen LogP contribution in [0.1, 0.15) is 13.3 Å². The van der Waals surface area contributed by atoms with Gasteiger partial charge in [0, 0.05) is 18.3 Å². The van der Waals surface area contributed by atoms with Crippen LogP contribution < -0.4 is 10.1 Å². The number of anilines is 1. The van der Waals surface area contributed by atoms with E-state index in [9.17, 15) is 14.0 Å². The molecule has 1 N–H and O–H groups in total. The number of methoxy groups -OCH3 is 1. The highest BCUT2D eigenvalue weighted by atomic mass is 19.1. The summed E-state index contributed by atoms with van der Waals surface area (Å²) in [5, 5.41) is 2.93. The van der Waals surface area contributed by atoms with Crippen LogP contribution in [0.15, 0.2) is 18.2 Å². The van der Waals surface area contributed by atoms with Crippen molar-refractivity contribution in [3.8, 4) is 5.75 Å². The van der Waals surface area contributed by atoms with Crippen molar-refractivity contribution in [2.75, 3.05) is 19.0 Å². The Balaban J connectivity index is 2.14. The lowest BCUT2D eigenvalue weighted by Crippen LogP contribution is -2.34. The third kappa shape index (κ3) is 2.52. The second-order valence-electron chi connectivity index (χ2n) is 4.23. The number of likely N-dealkylation sites (tertiary alicyclic amines) is 1. The third-order valence-electron chi connectivity index (χ3n) is 3.05. The van der Waals surface area contributed by atoms with Crippen molar-refractivity contribution in [2.45, 2.75) is 19.4 Å². The highest BCUT2D eigenvalue weighted by Gasteiger charge is 2.37. The molecule has 1 fully saturated rings. The van der Waals surface area contributed by atoms with E-state index in [0.717, 1.165) is 0 Å². The number of imide groups is 1. The van der Waals surface area contributed by atoms with E-state index in [1.807, 2.05) is 0 Å². The van der Waals surface area contributed by atoms with E-state index >= 15 is 0 Å². The van der Waals surface area contributed by atoms with E-state index in [0.29, 0.717) is 12.2 Å². The zero-order chi connectivity index (χ0) is 14.0. The maximum Gasteiger partial charge on any atom is 0.252 e. The Bertz CT molecular complexity index is 519. The van der Waals surface area contributed by atoms with Crippen molar-refractivity contribution in [2.24, 2.45) is 0 Å². The normalized spacial score (nSPS) is 18.9. The number of carbonyl (C=O) groups is 2. The Kier molecular flexibility index (Phi) is 3.69. The van der Waals surface area contributed by atoms with E-state index < -0.39 is 11.9 Å². The molecule has 19 heavy (non-hydrogen) atoms. The Morgan fingerprint density at radius 3 is 2.79 bits per heavy atom. The molecule has 0 saturated carbocycles. The van der Waals surface area contributed by atoms with Crippen LogP contribution in [0.25, 0.3) is 0 Å². The minimum Gasteiger partial charge on any atom is -0.494 e. The molecule has 1 aliphatic heterocycles. The Hall–Kier alpha value is -2.11. The molecule has 1 unspecified atom stereocenters. The summed E-state index contributed by atoms with van der Waals surface area (Å²) in [6.45, 7) is 2.11. The van der Waals surface area contributed by atoms with Gasteiger partial charge in [0.15, 0.2) is 11.6 Å². The predicted molar refractivity (Wildman–Crippen MR) is 67.4 cm³/mol. The predicted octanol–water partition coefficient (Wildman–Crippen LogP) is 1.39. The molecular weight excluding hydrogens is 251 g/mol. The number of rotatable bonds is 4. The number of ether oxygens (including phenoxy) is 1. The van der Waals surface area contributed by atoms with Crippen LogP contribution in [-0.4, -0.2) is 36.4 Å².